The molecule has 0 spiro atoms. The van der Waals surface area contributed by atoms with E-state index in [-0.39, 0.29) is 11.4 Å². The zero-order valence-corrected chi connectivity index (χ0v) is 11.9. The molecule has 20 heavy (non-hydrogen) atoms. The summed E-state index contributed by atoms with van der Waals surface area (Å²) in [6, 6.07) is 17.3. The number of nitrogens with one attached hydrogen (secondary N) is 1. The largest absolute Gasteiger partial charge is 0.342 e. The highest BCUT2D eigenvalue weighted by Crippen LogP contribution is 2.41. The van der Waals surface area contributed by atoms with Crippen LogP contribution in [0.15, 0.2) is 54.6 Å². The van der Waals surface area contributed by atoms with Crippen molar-refractivity contribution in [1.29, 1.82) is 0 Å². The first-order valence-electron chi connectivity index (χ1n) is 6.84. The maximum absolute atomic E-state index is 12.5. The molecule has 0 bridgehead atoms. The Morgan fingerprint density at radius 1 is 1.00 bits per heavy atom. The molecule has 3 rings (SSSR count). The minimum Gasteiger partial charge on any atom is -0.342 e. The maximum atomic E-state index is 12.5. The summed E-state index contributed by atoms with van der Waals surface area (Å²) in [5.74, 6) is -0.0980. The van der Waals surface area contributed by atoms with E-state index in [1.165, 1.54) is 5.56 Å². The molecule has 1 saturated carbocycles. The van der Waals surface area contributed by atoms with Crippen LogP contribution >= 0.6 is 11.6 Å². The van der Waals surface area contributed by atoms with E-state index in [2.05, 4.69) is 17.4 Å². The minimum absolute atomic E-state index is 0.0980. The van der Waals surface area contributed by atoms with Crippen LogP contribution in [0.2, 0.25) is 5.02 Å². The van der Waals surface area contributed by atoms with Gasteiger partial charge in [0.2, 0.25) is 0 Å². The van der Waals surface area contributed by atoms with Gasteiger partial charge in [0.1, 0.15) is 0 Å². The smallest absolute Gasteiger partial charge is 0.253 e. The van der Waals surface area contributed by atoms with E-state index in [9.17, 15) is 4.79 Å². The Labute approximate surface area is 123 Å². The molecule has 3 heteroatoms. The van der Waals surface area contributed by atoms with Crippen LogP contribution in [0.3, 0.4) is 0 Å². The zero-order chi connectivity index (χ0) is 14.0. The lowest BCUT2D eigenvalue weighted by Crippen LogP contribution is -2.50. The predicted molar refractivity (Wildman–Crippen MR) is 80.9 cm³/mol. The summed E-state index contributed by atoms with van der Waals surface area (Å²) in [5.41, 5.74) is 1.49. The number of carbonyl (C=O) groups excluding carboxylic acids is 1. The SMILES string of the molecule is O=C(NC1(c2ccccc2)CCC1)c1ccccc1Cl. The van der Waals surface area contributed by atoms with Crippen molar-refractivity contribution in [2.24, 2.45) is 0 Å². The summed E-state index contributed by atoms with van der Waals surface area (Å²) in [5, 5.41) is 3.67. The normalized spacial score (nSPS) is 16.2. The molecule has 102 valence electrons. The molecule has 1 N–H and O–H groups in total. The molecule has 2 aromatic rings. The number of amides is 1. The van der Waals surface area contributed by atoms with Crippen molar-refractivity contribution in [1.82, 2.24) is 5.32 Å². The van der Waals surface area contributed by atoms with Crippen LogP contribution in [0.5, 0.6) is 0 Å². The maximum Gasteiger partial charge on any atom is 0.253 e. The molecular weight excluding hydrogens is 270 g/mol. The Hall–Kier alpha value is -1.80. The average molecular weight is 286 g/mol. The first kappa shape index (κ1) is 13.2. The highest BCUT2D eigenvalue weighted by molar-refractivity contribution is 6.33. The lowest BCUT2D eigenvalue weighted by Gasteiger charge is -2.43. The molecule has 0 unspecified atom stereocenters. The third-order valence-electron chi connectivity index (χ3n) is 4.00. The molecule has 0 radical (unpaired) electrons. The lowest BCUT2D eigenvalue weighted by atomic mass is 9.71. The van der Waals surface area contributed by atoms with Crippen molar-refractivity contribution >= 4 is 17.5 Å². The van der Waals surface area contributed by atoms with Gasteiger partial charge in [-0.05, 0) is 37.0 Å². The first-order valence-corrected chi connectivity index (χ1v) is 7.22. The fourth-order valence-electron chi connectivity index (χ4n) is 2.70. The van der Waals surface area contributed by atoms with E-state index in [4.69, 9.17) is 11.6 Å². The van der Waals surface area contributed by atoms with Crippen LogP contribution < -0.4 is 5.32 Å². The van der Waals surface area contributed by atoms with Gasteiger partial charge in [0.25, 0.3) is 5.91 Å². The topological polar surface area (TPSA) is 29.1 Å². The number of halogens is 1. The molecule has 1 aliphatic carbocycles. The van der Waals surface area contributed by atoms with Gasteiger partial charge in [-0.2, -0.15) is 0 Å². The molecule has 0 aromatic heterocycles. The second kappa shape index (κ2) is 5.29. The summed E-state index contributed by atoms with van der Waals surface area (Å²) in [7, 11) is 0. The van der Waals surface area contributed by atoms with Gasteiger partial charge in [0, 0.05) is 0 Å². The highest BCUT2D eigenvalue weighted by Gasteiger charge is 2.40. The van der Waals surface area contributed by atoms with Crippen LogP contribution in [0.25, 0.3) is 0 Å². The number of hydrogen-bond donors (Lipinski definition) is 1. The van der Waals surface area contributed by atoms with Gasteiger partial charge in [-0.15, -0.1) is 0 Å². The Balaban J connectivity index is 1.86. The van der Waals surface area contributed by atoms with Crippen molar-refractivity contribution in [2.45, 2.75) is 24.8 Å². The van der Waals surface area contributed by atoms with E-state index < -0.39 is 0 Å². The van der Waals surface area contributed by atoms with E-state index in [0.29, 0.717) is 10.6 Å². The number of rotatable bonds is 3. The molecule has 0 heterocycles. The van der Waals surface area contributed by atoms with Crippen LogP contribution in [0, 0.1) is 0 Å². The van der Waals surface area contributed by atoms with Crippen LogP contribution in [0.4, 0.5) is 0 Å². The number of benzene rings is 2. The summed E-state index contributed by atoms with van der Waals surface area (Å²) in [4.78, 5) is 12.5. The summed E-state index contributed by atoms with van der Waals surface area (Å²) < 4.78 is 0. The van der Waals surface area contributed by atoms with Crippen LogP contribution in [0.1, 0.15) is 35.2 Å². The standard InChI is InChI=1S/C17H16ClNO/c18-15-10-5-4-9-14(15)16(20)19-17(11-6-12-17)13-7-2-1-3-8-13/h1-5,7-10H,6,11-12H2,(H,19,20). The molecule has 1 fully saturated rings. The van der Waals surface area contributed by atoms with Gasteiger partial charge in [-0.25, -0.2) is 0 Å². The van der Waals surface area contributed by atoms with Crippen LogP contribution in [-0.2, 0) is 5.54 Å². The summed E-state index contributed by atoms with van der Waals surface area (Å²) in [6.45, 7) is 0. The fourth-order valence-corrected chi connectivity index (χ4v) is 2.92. The molecular formula is C17H16ClNO. The van der Waals surface area contributed by atoms with Crippen molar-refractivity contribution in [3.8, 4) is 0 Å². The van der Waals surface area contributed by atoms with Crippen molar-refractivity contribution in [3.63, 3.8) is 0 Å². The van der Waals surface area contributed by atoms with Gasteiger partial charge < -0.3 is 5.32 Å². The lowest BCUT2D eigenvalue weighted by molar-refractivity contribution is 0.0823. The average Bonchev–Trinajstić information content (AvgIpc) is 2.44. The number of hydrogen-bond acceptors (Lipinski definition) is 1. The first-order chi connectivity index (χ1) is 9.71. The van der Waals surface area contributed by atoms with E-state index in [1.807, 2.05) is 30.3 Å². The Morgan fingerprint density at radius 2 is 1.65 bits per heavy atom. The molecule has 2 nitrogen and oxygen atoms in total. The molecule has 1 amide bonds. The predicted octanol–water partition coefficient (Wildman–Crippen LogP) is 4.15. The van der Waals surface area contributed by atoms with Crippen molar-refractivity contribution in [2.75, 3.05) is 0 Å². The van der Waals surface area contributed by atoms with E-state index >= 15 is 0 Å². The van der Waals surface area contributed by atoms with Crippen LogP contribution in [-0.4, -0.2) is 5.91 Å². The Morgan fingerprint density at radius 3 is 2.25 bits per heavy atom. The van der Waals surface area contributed by atoms with Gasteiger partial charge >= 0.3 is 0 Å². The van der Waals surface area contributed by atoms with Crippen molar-refractivity contribution < 1.29 is 4.79 Å². The monoisotopic (exact) mass is 285 g/mol. The number of carbonyl (C=O) groups is 1. The zero-order valence-electron chi connectivity index (χ0n) is 11.1. The summed E-state index contributed by atoms with van der Waals surface area (Å²) in [6.07, 6.45) is 3.10. The quantitative estimate of drug-likeness (QED) is 0.902. The molecule has 0 atom stereocenters. The fraction of sp³-hybridized carbons (Fsp3) is 0.235. The van der Waals surface area contributed by atoms with Gasteiger partial charge in [-0.3, -0.25) is 4.79 Å². The Kier molecular flexibility index (Phi) is 3.49. The molecule has 1 aliphatic rings. The van der Waals surface area contributed by atoms with Gasteiger partial charge in [-0.1, -0.05) is 54.1 Å². The second-order valence-corrected chi connectivity index (χ2v) is 5.64. The highest BCUT2D eigenvalue weighted by atomic mass is 35.5. The third kappa shape index (κ3) is 2.32. The van der Waals surface area contributed by atoms with E-state index in [0.717, 1.165) is 19.3 Å². The second-order valence-electron chi connectivity index (χ2n) is 5.24. The third-order valence-corrected chi connectivity index (χ3v) is 4.33. The molecule has 0 saturated heterocycles. The molecule has 0 aliphatic heterocycles. The molecule has 2 aromatic carbocycles. The van der Waals surface area contributed by atoms with Gasteiger partial charge in [0.05, 0.1) is 16.1 Å². The van der Waals surface area contributed by atoms with Crippen molar-refractivity contribution in [3.05, 3.63) is 70.7 Å². The Bertz CT molecular complexity index is 620. The summed E-state index contributed by atoms with van der Waals surface area (Å²) >= 11 is 6.09. The minimum atomic E-state index is -0.225. The van der Waals surface area contributed by atoms with E-state index in [1.54, 1.807) is 12.1 Å². The van der Waals surface area contributed by atoms with Gasteiger partial charge in [0.15, 0.2) is 0 Å².